The Balaban J connectivity index is 2.30. The second kappa shape index (κ2) is 11.3. The Morgan fingerprint density at radius 3 is 2.64 bits per heavy atom. The molecule has 4 heteroatoms. The van der Waals surface area contributed by atoms with Gasteiger partial charge in [0.05, 0.1) is 5.35 Å². The molecular weight excluding hydrogens is 344 g/mol. The maximum absolute atomic E-state index is 5.71. The van der Waals surface area contributed by atoms with Crippen molar-refractivity contribution >= 4 is 24.2 Å². The number of allylic oxidation sites excluding steroid dienone is 2. The molecule has 28 heavy (non-hydrogen) atoms. The van der Waals surface area contributed by atoms with Crippen molar-refractivity contribution in [3.05, 3.63) is 64.2 Å². The first-order chi connectivity index (χ1) is 13.6. The van der Waals surface area contributed by atoms with E-state index in [-0.39, 0.29) is 0 Å². The third-order valence-corrected chi connectivity index (χ3v) is 4.75. The third-order valence-electron chi connectivity index (χ3n) is 4.75. The van der Waals surface area contributed by atoms with Crippen LogP contribution in [-0.4, -0.2) is 18.1 Å². The molecule has 0 spiro atoms. The molecule has 0 fully saturated rings. The van der Waals surface area contributed by atoms with Crippen molar-refractivity contribution in [3.8, 4) is 0 Å². The quantitative estimate of drug-likeness (QED) is 0.554. The number of anilines is 2. The smallest absolute Gasteiger partial charge is 0.128 e. The fourth-order valence-electron chi connectivity index (χ4n) is 3.20. The molecule has 0 radical (unpaired) electrons. The van der Waals surface area contributed by atoms with Gasteiger partial charge < -0.3 is 16.4 Å². The third kappa shape index (κ3) is 6.24. The lowest BCUT2D eigenvalue weighted by Crippen LogP contribution is -2.32. The number of hydrogen-bond donors (Lipinski definition) is 3. The number of aromatic nitrogens is 1. The monoisotopic (exact) mass is 378 g/mol. The molecule has 4 N–H and O–H groups in total. The first kappa shape index (κ1) is 21.7. The van der Waals surface area contributed by atoms with Gasteiger partial charge in [0.25, 0.3) is 0 Å². The molecule has 0 aliphatic carbocycles. The minimum atomic E-state index is 0.409. The summed E-state index contributed by atoms with van der Waals surface area (Å²) in [6.45, 7) is 12.7. The molecule has 2 aromatic rings. The zero-order valence-electron chi connectivity index (χ0n) is 17.5. The van der Waals surface area contributed by atoms with Crippen molar-refractivity contribution in [2.75, 3.05) is 23.7 Å². The Labute approximate surface area is 169 Å². The largest absolute Gasteiger partial charge is 0.383 e. The molecule has 0 bridgehead atoms. The van der Waals surface area contributed by atoms with Crippen molar-refractivity contribution < 1.29 is 0 Å². The van der Waals surface area contributed by atoms with Crippen LogP contribution >= 0.6 is 0 Å². The number of benzene rings is 1. The summed E-state index contributed by atoms with van der Waals surface area (Å²) in [6.07, 6.45) is 8.53. The molecular formula is C24H34N4. The Kier molecular flexibility index (Phi) is 8.76. The van der Waals surface area contributed by atoms with Crippen LogP contribution < -0.4 is 26.9 Å². The Morgan fingerprint density at radius 2 is 1.96 bits per heavy atom. The highest BCUT2D eigenvalue weighted by Gasteiger charge is 2.05. The number of nitrogens with one attached hydrogen (secondary N) is 2. The van der Waals surface area contributed by atoms with Gasteiger partial charge in [0.2, 0.25) is 0 Å². The van der Waals surface area contributed by atoms with Crippen molar-refractivity contribution in [1.82, 2.24) is 4.98 Å². The molecule has 1 unspecified atom stereocenters. The van der Waals surface area contributed by atoms with Gasteiger partial charge in [-0.3, -0.25) is 0 Å². The van der Waals surface area contributed by atoms with Crippen molar-refractivity contribution in [1.29, 1.82) is 0 Å². The molecule has 0 saturated heterocycles. The lowest BCUT2D eigenvalue weighted by atomic mass is 10.0. The summed E-state index contributed by atoms with van der Waals surface area (Å²) in [5, 5.41) is 8.73. The summed E-state index contributed by atoms with van der Waals surface area (Å²) in [5.74, 6) is 1.24. The Hall–Kier alpha value is -2.59. The zero-order chi connectivity index (χ0) is 20.4. The van der Waals surface area contributed by atoms with Crippen LogP contribution in [0.2, 0.25) is 0 Å². The average molecular weight is 379 g/mol. The summed E-state index contributed by atoms with van der Waals surface area (Å²) in [7, 11) is 0. The van der Waals surface area contributed by atoms with Gasteiger partial charge in [0, 0.05) is 36.6 Å². The van der Waals surface area contributed by atoms with Crippen LogP contribution in [-0.2, 0) is 13.0 Å². The molecule has 1 aromatic carbocycles. The molecule has 1 aromatic heterocycles. The second-order valence-corrected chi connectivity index (χ2v) is 7.06. The Bertz CT molecular complexity index is 886. The fraction of sp³-hybridized carbons (Fsp3) is 0.375. The highest BCUT2D eigenvalue weighted by molar-refractivity contribution is 5.56. The number of rotatable bonds is 10. The lowest BCUT2D eigenvalue weighted by Gasteiger charge is -2.13. The minimum Gasteiger partial charge on any atom is -0.383 e. The van der Waals surface area contributed by atoms with Crippen LogP contribution in [0.5, 0.6) is 0 Å². The highest BCUT2D eigenvalue weighted by Crippen LogP contribution is 2.13. The summed E-state index contributed by atoms with van der Waals surface area (Å²) >= 11 is 0. The van der Waals surface area contributed by atoms with E-state index in [9.17, 15) is 0 Å². The van der Waals surface area contributed by atoms with Crippen LogP contribution in [0.3, 0.4) is 0 Å². The summed E-state index contributed by atoms with van der Waals surface area (Å²) < 4.78 is 0. The van der Waals surface area contributed by atoms with E-state index in [4.69, 9.17) is 10.7 Å². The molecule has 0 amide bonds. The Morgan fingerprint density at radius 1 is 1.21 bits per heavy atom. The van der Waals surface area contributed by atoms with Crippen LogP contribution in [0.1, 0.15) is 38.3 Å². The number of pyridine rings is 1. The number of aryl methyl sites for hydroxylation is 1. The standard InChI is InChI=1S/C24H34N4/c1-5-7-10-18(3)15-22-19(4)28-24(16-23(22)26-14-13-25)27-17-21-12-9-8-11-20(21)6-2/h5,7-9,11-12,15-16,18,26H,4,6,10,13-14,17,25H2,1-3H3,(H,27,28). The fourth-order valence-corrected chi connectivity index (χ4v) is 3.20. The molecule has 2 rings (SSSR count). The van der Waals surface area contributed by atoms with E-state index >= 15 is 0 Å². The van der Waals surface area contributed by atoms with E-state index in [1.165, 1.54) is 11.1 Å². The molecule has 150 valence electrons. The van der Waals surface area contributed by atoms with E-state index < -0.39 is 0 Å². The first-order valence-corrected chi connectivity index (χ1v) is 10.2. The topological polar surface area (TPSA) is 63.0 Å². The highest BCUT2D eigenvalue weighted by atomic mass is 15.0. The van der Waals surface area contributed by atoms with Crippen molar-refractivity contribution in [2.24, 2.45) is 11.7 Å². The number of nitrogens with zero attached hydrogens (tertiary/aromatic N) is 1. The van der Waals surface area contributed by atoms with Crippen LogP contribution in [0.15, 0.2) is 42.5 Å². The van der Waals surface area contributed by atoms with Gasteiger partial charge in [-0.15, -0.1) is 0 Å². The predicted octanol–water partition coefficient (Wildman–Crippen LogP) is 3.42. The van der Waals surface area contributed by atoms with E-state index in [1.807, 2.05) is 6.92 Å². The van der Waals surface area contributed by atoms with Gasteiger partial charge in [0.15, 0.2) is 0 Å². The summed E-state index contributed by atoms with van der Waals surface area (Å²) in [6, 6.07) is 10.6. The first-order valence-electron chi connectivity index (χ1n) is 10.2. The summed E-state index contributed by atoms with van der Waals surface area (Å²) in [5.41, 5.74) is 9.39. The second-order valence-electron chi connectivity index (χ2n) is 7.06. The maximum Gasteiger partial charge on any atom is 0.128 e. The van der Waals surface area contributed by atoms with Gasteiger partial charge in [0.1, 0.15) is 5.82 Å². The van der Waals surface area contributed by atoms with E-state index in [2.05, 4.69) is 79.6 Å². The average Bonchev–Trinajstić information content (AvgIpc) is 2.71. The van der Waals surface area contributed by atoms with E-state index in [1.54, 1.807) is 0 Å². The van der Waals surface area contributed by atoms with E-state index in [0.717, 1.165) is 41.5 Å². The van der Waals surface area contributed by atoms with Gasteiger partial charge in [-0.1, -0.05) is 62.9 Å². The lowest BCUT2D eigenvalue weighted by molar-refractivity contribution is 0.784. The minimum absolute atomic E-state index is 0.409. The summed E-state index contributed by atoms with van der Waals surface area (Å²) in [4.78, 5) is 4.70. The molecule has 4 nitrogen and oxygen atoms in total. The molecule has 0 saturated carbocycles. The number of nitrogens with two attached hydrogens (primary N) is 1. The van der Waals surface area contributed by atoms with Gasteiger partial charge in [-0.25, -0.2) is 4.98 Å². The van der Waals surface area contributed by atoms with Crippen molar-refractivity contribution in [2.45, 2.75) is 40.2 Å². The van der Waals surface area contributed by atoms with Crippen LogP contribution in [0.4, 0.5) is 11.5 Å². The zero-order valence-corrected chi connectivity index (χ0v) is 17.5. The molecule has 1 atom stereocenters. The maximum atomic E-state index is 5.71. The van der Waals surface area contributed by atoms with Crippen LogP contribution in [0.25, 0.3) is 12.7 Å². The predicted molar refractivity (Wildman–Crippen MR) is 123 cm³/mol. The van der Waals surface area contributed by atoms with Gasteiger partial charge >= 0.3 is 0 Å². The van der Waals surface area contributed by atoms with E-state index in [0.29, 0.717) is 19.0 Å². The normalized spacial score (nSPS) is 13.1. The van der Waals surface area contributed by atoms with Crippen LogP contribution in [0, 0.1) is 5.92 Å². The molecule has 1 heterocycles. The molecule has 0 aliphatic heterocycles. The van der Waals surface area contributed by atoms with Gasteiger partial charge in [-0.05, 0) is 36.8 Å². The van der Waals surface area contributed by atoms with Gasteiger partial charge in [-0.2, -0.15) is 0 Å². The number of hydrogen-bond acceptors (Lipinski definition) is 4. The molecule has 0 aliphatic rings. The van der Waals surface area contributed by atoms with Crippen molar-refractivity contribution in [3.63, 3.8) is 0 Å². The SMILES string of the molecule is C=c1nc(NCc2ccccc2CC)cc(NCCN)c1=CC(C)CC=CC.